The van der Waals surface area contributed by atoms with E-state index in [1.807, 2.05) is 0 Å². The van der Waals surface area contributed by atoms with Crippen molar-refractivity contribution in [1.29, 1.82) is 0 Å². The molecule has 0 radical (unpaired) electrons. The van der Waals surface area contributed by atoms with Crippen molar-refractivity contribution in [3.05, 3.63) is 54.1 Å². The second kappa shape index (κ2) is 18.7. The van der Waals surface area contributed by atoms with Crippen LogP contribution in [-0.4, -0.2) is 111 Å². The van der Waals surface area contributed by atoms with Crippen molar-refractivity contribution < 1.29 is 82.2 Å². The molecule has 0 saturated heterocycles. The number of esters is 2. The van der Waals surface area contributed by atoms with Crippen LogP contribution < -0.4 is 5.73 Å². The normalized spacial score (nSPS) is 31.9. The van der Waals surface area contributed by atoms with Crippen LogP contribution in [0, 0.1) is 64.8 Å². The maximum atomic E-state index is 17.3. The van der Waals surface area contributed by atoms with Crippen LogP contribution in [0.5, 0.6) is 0 Å². The highest BCUT2D eigenvalue weighted by Gasteiger charge is 2.73. The lowest BCUT2D eigenvalue weighted by Gasteiger charge is -2.62. The van der Waals surface area contributed by atoms with Gasteiger partial charge in [-0.25, -0.2) is 8.78 Å². The van der Waals surface area contributed by atoms with Gasteiger partial charge in [-0.3, -0.25) is 24.0 Å². The minimum Gasteiger partial charge on any atom is -0.481 e. The van der Waals surface area contributed by atoms with Crippen molar-refractivity contribution in [2.24, 2.45) is 40.2 Å². The molecule has 0 aromatic carbocycles. The minimum absolute atomic E-state index is 0.00681. The van der Waals surface area contributed by atoms with Gasteiger partial charge in [-0.2, -0.15) is 0 Å². The quantitative estimate of drug-likeness (QED) is 0.0761. The van der Waals surface area contributed by atoms with E-state index in [0.29, 0.717) is 6.42 Å². The summed E-state index contributed by atoms with van der Waals surface area (Å²) in [6, 6.07) is -1.63. The fraction of sp³-hybridized carbons (Fsp3) is 0.727. The van der Waals surface area contributed by atoms with Gasteiger partial charge in [-0.15, -0.1) is 30.3 Å². The second-order valence-corrected chi connectivity index (χ2v) is 14.7. The number of carbonyl (C=O) groups excluding carboxylic acids is 4. The minimum atomic E-state index is -2.30. The van der Waals surface area contributed by atoms with Gasteiger partial charge in [-0.05, 0) is 67.6 Å². The lowest BCUT2D eigenvalue weighted by atomic mass is 9.45. The monoisotopic (exact) mass is 822 g/mol. The number of carboxylic acid groups (broad SMARTS) is 1. The number of aliphatic hydroxyl groups is 1. The highest BCUT2D eigenvalue weighted by molar-refractivity contribution is 6.01. The summed E-state index contributed by atoms with van der Waals surface area (Å²) in [5.41, 5.74) is 0.813. The van der Waals surface area contributed by atoms with Gasteiger partial charge in [0.2, 0.25) is 0 Å². The Balaban J connectivity index is 0.000000766. The van der Waals surface area contributed by atoms with Crippen LogP contribution in [0.25, 0.3) is 0 Å². The molecule has 0 amide bonds. The summed E-state index contributed by atoms with van der Waals surface area (Å²) >= 11 is 0. The molecule has 22 nitrogen and oxygen atoms in total. The molecular weight excluding hydrogens is 778 g/mol. The fourth-order valence-corrected chi connectivity index (χ4v) is 8.84. The third-order valence-corrected chi connectivity index (χ3v) is 11.1. The van der Waals surface area contributed by atoms with E-state index in [1.165, 1.54) is 19.1 Å². The Labute approximate surface area is 321 Å². The zero-order chi connectivity index (χ0) is 43.0. The standard InChI is InChI=1S/C29H37F2N3O13.C4H7NO5/c1-14-6-17-18-8-20(30)19-7-15(35)4-5-28(19,3)29(18,31)23(37)10-27(17,2)25(14)22(36)13-44-24(38)9-21(32)26(39)45-11-16(47-34(42)43)12-46-33(40)41;6-4(7)2-1-3-10-5(8)9/h4-5,7,14,16-18,20-21,23,25,37H,6,8-13,32H2,1-3H3;1-3H2,(H,6,7)/t14-,16?,17?,18?,20+,21?,23+,25-,27+,28+,29+;/m1./s1. The molecule has 4 aliphatic carbocycles. The van der Waals surface area contributed by atoms with Crippen molar-refractivity contribution in [3.8, 4) is 0 Å². The molecule has 0 heterocycles. The molecular formula is C33H44F2N4O18. The average Bonchev–Trinajstić information content (AvgIpc) is 3.37. The predicted octanol–water partition coefficient (Wildman–Crippen LogP) is 1.39. The van der Waals surface area contributed by atoms with Crippen molar-refractivity contribution in [2.75, 3.05) is 26.4 Å². The van der Waals surface area contributed by atoms with E-state index in [9.17, 15) is 59.4 Å². The number of ketones is 2. The highest BCUT2D eigenvalue weighted by Crippen LogP contribution is 2.70. The van der Waals surface area contributed by atoms with Gasteiger partial charge >= 0.3 is 17.9 Å². The predicted molar refractivity (Wildman–Crippen MR) is 181 cm³/mol. The van der Waals surface area contributed by atoms with Gasteiger partial charge in [0, 0.05) is 23.7 Å². The van der Waals surface area contributed by atoms with Gasteiger partial charge in [0.25, 0.3) is 15.3 Å². The lowest BCUT2D eigenvalue weighted by Crippen LogP contribution is -2.68. The Morgan fingerprint density at radius 1 is 1.02 bits per heavy atom. The summed E-state index contributed by atoms with van der Waals surface area (Å²) in [4.78, 5) is 102. The van der Waals surface area contributed by atoms with E-state index >= 15 is 8.78 Å². The topological polar surface area (TPSA) is 327 Å². The number of hydrogen-bond donors (Lipinski definition) is 3. The largest absolute Gasteiger partial charge is 0.481 e. The summed E-state index contributed by atoms with van der Waals surface area (Å²) in [5.74, 6) is -6.85. The summed E-state index contributed by atoms with van der Waals surface area (Å²) in [6.45, 7) is 2.33. The average molecular weight is 823 g/mol. The van der Waals surface area contributed by atoms with Crippen LogP contribution in [0.4, 0.5) is 8.78 Å². The number of rotatable bonds is 18. The second-order valence-electron chi connectivity index (χ2n) is 14.7. The summed E-state index contributed by atoms with van der Waals surface area (Å²) in [5, 5.41) is 46.3. The molecule has 4 aliphatic rings. The molecule has 0 aromatic rings. The number of nitrogens with zero attached hydrogens (tertiary/aromatic N) is 3. The van der Waals surface area contributed by atoms with Crippen LogP contribution in [0.3, 0.4) is 0 Å². The van der Waals surface area contributed by atoms with Gasteiger partial charge < -0.3 is 39.9 Å². The number of nitrogens with two attached hydrogens (primary N) is 1. The molecule has 0 bridgehead atoms. The number of halogens is 2. The zero-order valence-electron chi connectivity index (χ0n) is 31.0. The first kappa shape index (κ1) is 46.0. The molecule has 4 rings (SSSR count). The first-order chi connectivity index (χ1) is 26.5. The number of Topliss-reactive ketones (excluding diaryl/α,β-unsaturated/α-hetero) is 1. The highest BCUT2D eigenvalue weighted by atomic mass is 19.1. The number of aliphatic hydroxyl groups excluding tert-OH is 1. The van der Waals surface area contributed by atoms with Gasteiger partial charge in [0.1, 0.15) is 32.0 Å². The molecule has 0 aliphatic heterocycles. The van der Waals surface area contributed by atoms with Gasteiger partial charge in [0.15, 0.2) is 23.3 Å². The summed E-state index contributed by atoms with van der Waals surface area (Å²) < 4.78 is 42.7. The molecule has 11 atom stereocenters. The Kier molecular flexibility index (Phi) is 15.1. The van der Waals surface area contributed by atoms with Gasteiger partial charge in [-0.1, -0.05) is 19.9 Å². The molecule has 4 N–H and O–H groups in total. The van der Waals surface area contributed by atoms with Gasteiger partial charge in [0.05, 0.1) is 19.1 Å². The molecule has 3 fully saturated rings. The number of fused-ring (bicyclic) bond motifs is 5. The molecule has 0 spiro atoms. The number of alkyl halides is 2. The smallest absolute Gasteiger partial charge is 0.323 e. The Bertz CT molecular complexity index is 1650. The summed E-state index contributed by atoms with van der Waals surface area (Å²) in [7, 11) is 0. The lowest BCUT2D eigenvalue weighted by molar-refractivity contribution is -0.790. The van der Waals surface area contributed by atoms with Crippen molar-refractivity contribution in [1.82, 2.24) is 0 Å². The molecule has 57 heavy (non-hydrogen) atoms. The van der Waals surface area contributed by atoms with Crippen molar-refractivity contribution in [3.63, 3.8) is 0 Å². The number of carbonyl (C=O) groups is 5. The van der Waals surface area contributed by atoms with E-state index in [2.05, 4.69) is 14.5 Å². The van der Waals surface area contributed by atoms with E-state index in [1.54, 1.807) is 13.8 Å². The Hall–Kier alpha value is -5.39. The number of carboxylic acids is 1. The van der Waals surface area contributed by atoms with E-state index in [4.69, 9.17) is 20.3 Å². The zero-order valence-corrected chi connectivity index (χ0v) is 31.0. The van der Waals surface area contributed by atoms with E-state index in [0.717, 1.165) is 6.08 Å². The van der Waals surface area contributed by atoms with Crippen molar-refractivity contribution in [2.45, 2.75) is 89.4 Å². The fourth-order valence-electron chi connectivity index (χ4n) is 8.84. The number of aliphatic carboxylic acids is 1. The summed E-state index contributed by atoms with van der Waals surface area (Å²) in [6.07, 6.45) is -2.02. The third kappa shape index (κ3) is 10.5. The number of allylic oxidation sites excluding steroid dienone is 4. The van der Waals surface area contributed by atoms with E-state index < -0.39 is 130 Å². The van der Waals surface area contributed by atoms with Crippen LogP contribution in [0.1, 0.15) is 59.3 Å². The van der Waals surface area contributed by atoms with Crippen molar-refractivity contribution >= 4 is 29.5 Å². The van der Waals surface area contributed by atoms with Crippen LogP contribution in [0.15, 0.2) is 23.8 Å². The Morgan fingerprint density at radius 3 is 2.26 bits per heavy atom. The Morgan fingerprint density at radius 2 is 1.67 bits per heavy atom. The van der Waals surface area contributed by atoms with Crippen LogP contribution in [0.2, 0.25) is 0 Å². The molecule has 3 saturated carbocycles. The first-order valence-electron chi connectivity index (χ1n) is 17.6. The molecule has 24 heteroatoms. The third-order valence-electron chi connectivity index (χ3n) is 11.1. The van der Waals surface area contributed by atoms with Crippen LogP contribution in [-0.2, 0) is 48.0 Å². The first-order valence-corrected chi connectivity index (χ1v) is 17.6. The maximum Gasteiger partial charge on any atom is 0.323 e. The number of ether oxygens (including phenoxy) is 2. The van der Waals surface area contributed by atoms with E-state index in [-0.39, 0.29) is 43.8 Å². The molecule has 4 unspecified atom stereocenters. The maximum absolute atomic E-state index is 17.3. The molecule has 0 aromatic heterocycles. The number of hydrogen-bond acceptors (Lipinski definition) is 18. The van der Waals surface area contributed by atoms with Crippen LogP contribution >= 0.6 is 0 Å². The molecule has 318 valence electrons. The SMILES string of the molecule is C[C@@H]1CC2C3C[C@H](F)C4=CC(=O)C=C[C@]4(C)[C@@]3(F)[C@@H](O)C[C@]2(C)[C@H]1C(=O)COC(=O)CC(N)C(=O)OCC(CO[N+](=O)[O-])O[N+](=O)[O-].O=C(O)CCCO[N+](=O)[O-].